The molecule has 3 heteroatoms. The Labute approximate surface area is 98.4 Å². The molecule has 1 rings (SSSR count). The van der Waals surface area contributed by atoms with E-state index in [0.29, 0.717) is 0 Å². The molecule has 0 aliphatic heterocycles. The van der Waals surface area contributed by atoms with Crippen LogP contribution in [0.25, 0.3) is 0 Å². The van der Waals surface area contributed by atoms with E-state index in [9.17, 15) is 0 Å². The quantitative estimate of drug-likeness (QED) is 0.760. The van der Waals surface area contributed by atoms with Gasteiger partial charge in [0.15, 0.2) is 0 Å². The average molecular weight is 222 g/mol. The molecule has 0 aromatic heterocycles. The van der Waals surface area contributed by atoms with E-state index >= 15 is 0 Å². The lowest BCUT2D eigenvalue weighted by Gasteiger charge is -2.11. The zero-order valence-corrected chi connectivity index (χ0v) is 10.5. The van der Waals surface area contributed by atoms with Crippen molar-refractivity contribution in [2.45, 2.75) is 13.5 Å². The van der Waals surface area contributed by atoms with Crippen molar-refractivity contribution in [1.29, 1.82) is 0 Å². The first-order chi connectivity index (χ1) is 7.72. The Kier molecular flexibility index (Phi) is 5.90. The third-order valence-corrected chi connectivity index (χ3v) is 2.31. The molecule has 3 nitrogen and oxygen atoms in total. The summed E-state index contributed by atoms with van der Waals surface area (Å²) in [5.41, 5.74) is 1.29. The Morgan fingerprint density at radius 1 is 1.19 bits per heavy atom. The predicted molar refractivity (Wildman–Crippen MR) is 67.9 cm³/mol. The molecule has 0 bridgehead atoms. The summed E-state index contributed by atoms with van der Waals surface area (Å²) in [5, 5.41) is 3.29. The Morgan fingerprint density at radius 2 is 1.88 bits per heavy atom. The number of hydrogen-bond acceptors (Lipinski definition) is 3. The molecule has 0 unspecified atom stereocenters. The fourth-order valence-electron chi connectivity index (χ4n) is 1.32. The average Bonchev–Trinajstić information content (AvgIpc) is 2.27. The zero-order chi connectivity index (χ0) is 11.8. The van der Waals surface area contributed by atoms with Crippen molar-refractivity contribution in [2.24, 2.45) is 0 Å². The van der Waals surface area contributed by atoms with Crippen LogP contribution < -0.4 is 10.1 Å². The summed E-state index contributed by atoms with van der Waals surface area (Å²) in [7, 11) is 4.09. The highest BCUT2D eigenvalue weighted by Gasteiger charge is 1.96. The lowest BCUT2D eigenvalue weighted by Crippen LogP contribution is -2.19. The second-order valence-electron chi connectivity index (χ2n) is 4.08. The second-order valence-corrected chi connectivity index (χ2v) is 4.08. The van der Waals surface area contributed by atoms with E-state index in [1.54, 1.807) is 0 Å². The van der Waals surface area contributed by atoms with Crippen LogP contribution in [-0.2, 0) is 6.54 Å². The minimum Gasteiger partial charge on any atom is -0.492 e. The number of nitrogens with zero attached hydrogens (tertiary/aromatic N) is 1. The molecule has 1 aromatic rings. The summed E-state index contributed by atoms with van der Waals surface area (Å²) in [5.74, 6) is 0.946. The second kappa shape index (κ2) is 7.25. The maximum absolute atomic E-state index is 5.61. The SMILES string of the molecule is CCNCc1ccc(OCCN(C)C)cc1. The van der Waals surface area contributed by atoms with Crippen molar-refractivity contribution in [3.8, 4) is 5.75 Å². The molecule has 16 heavy (non-hydrogen) atoms. The minimum atomic E-state index is 0.736. The van der Waals surface area contributed by atoms with Crippen LogP contribution in [0.15, 0.2) is 24.3 Å². The number of likely N-dealkylation sites (N-methyl/N-ethyl adjacent to an activating group) is 1. The molecular weight excluding hydrogens is 200 g/mol. The van der Waals surface area contributed by atoms with Crippen LogP contribution in [-0.4, -0.2) is 38.7 Å². The van der Waals surface area contributed by atoms with Gasteiger partial charge in [-0.25, -0.2) is 0 Å². The largest absolute Gasteiger partial charge is 0.492 e. The Hall–Kier alpha value is -1.06. The number of nitrogens with one attached hydrogen (secondary N) is 1. The predicted octanol–water partition coefficient (Wildman–Crippen LogP) is 1.74. The first-order valence-corrected chi connectivity index (χ1v) is 5.79. The van der Waals surface area contributed by atoms with Gasteiger partial charge in [-0.15, -0.1) is 0 Å². The molecule has 1 N–H and O–H groups in total. The van der Waals surface area contributed by atoms with Crippen LogP contribution in [0.2, 0.25) is 0 Å². The third kappa shape index (κ3) is 5.14. The van der Waals surface area contributed by atoms with Crippen LogP contribution in [0, 0.1) is 0 Å². The lowest BCUT2D eigenvalue weighted by molar-refractivity contribution is 0.261. The maximum atomic E-state index is 5.61. The molecule has 0 heterocycles. The van der Waals surface area contributed by atoms with Gasteiger partial charge in [0.05, 0.1) is 0 Å². The van der Waals surface area contributed by atoms with Crippen LogP contribution in [0.4, 0.5) is 0 Å². The molecular formula is C13H22N2O. The Bertz CT molecular complexity index is 282. The smallest absolute Gasteiger partial charge is 0.119 e. The van der Waals surface area contributed by atoms with Gasteiger partial charge in [-0.3, -0.25) is 0 Å². The van der Waals surface area contributed by atoms with E-state index in [-0.39, 0.29) is 0 Å². The van der Waals surface area contributed by atoms with E-state index in [1.807, 2.05) is 26.2 Å². The minimum absolute atomic E-state index is 0.736. The van der Waals surface area contributed by atoms with Gasteiger partial charge >= 0.3 is 0 Å². The molecule has 90 valence electrons. The molecule has 1 aromatic carbocycles. The van der Waals surface area contributed by atoms with Gasteiger partial charge in [-0.1, -0.05) is 19.1 Å². The van der Waals surface area contributed by atoms with E-state index in [1.165, 1.54) is 5.56 Å². The first kappa shape index (κ1) is 13.0. The summed E-state index contributed by atoms with van der Waals surface area (Å²) in [6, 6.07) is 8.27. The van der Waals surface area contributed by atoms with E-state index in [4.69, 9.17) is 4.74 Å². The molecule has 0 atom stereocenters. The van der Waals surface area contributed by atoms with Crippen LogP contribution in [0.5, 0.6) is 5.75 Å². The lowest BCUT2D eigenvalue weighted by atomic mass is 10.2. The molecule has 0 amide bonds. The molecule has 0 radical (unpaired) electrons. The molecule has 0 fully saturated rings. The number of ether oxygens (including phenoxy) is 1. The van der Waals surface area contributed by atoms with Crippen molar-refractivity contribution < 1.29 is 4.74 Å². The van der Waals surface area contributed by atoms with Gasteiger partial charge < -0.3 is 15.0 Å². The van der Waals surface area contributed by atoms with Crippen molar-refractivity contribution in [1.82, 2.24) is 10.2 Å². The summed E-state index contributed by atoms with van der Waals surface area (Å²) in [4.78, 5) is 2.11. The first-order valence-electron chi connectivity index (χ1n) is 5.79. The fraction of sp³-hybridized carbons (Fsp3) is 0.538. The molecule has 0 saturated carbocycles. The van der Waals surface area contributed by atoms with Gasteiger partial charge in [0.25, 0.3) is 0 Å². The normalized spacial score (nSPS) is 10.8. The molecule has 0 saturated heterocycles. The fourth-order valence-corrected chi connectivity index (χ4v) is 1.32. The molecule has 0 aliphatic rings. The Morgan fingerprint density at radius 3 is 2.44 bits per heavy atom. The monoisotopic (exact) mass is 222 g/mol. The highest BCUT2D eigenvalue weighted by Crippen LogP contribution is 2.11. The highest BCUT2D eigenvalue weighted by atomic mass is 16.5. The van der Waals surface area contributed by atoms with Crippen molar-refractivity contribution in [3.63, 3.8) is 0 Å². The number of rotatable bonds is 7. The highest BCUT2D eigenvalue weighted by molar-refractivity contribution is 5.27. The van der Waals surface area contributed by atoms with Crippen LogP contribution in [0.3, 0.4) is 0 Å². The van der Waals surface area contributed by atoms with Gasteiger partial charge in [0.2, 0.25) is 0 Å². The van der Waals surface area contributed by atoms with Crippen LogP contribution >= 0.6 is 0 Å². The van der Waals surface area contributed by atoms with Crippen LogP contribution in [0.1, 0.15) is 12.5 Å². The van der Waals surface area contributed by atoms with Gasteiger partial charge in [-0.2, -0.15) is 0 Å². The van der Waals surface area contributed by atoms with E-state index < -0.39 is 0 Å². The summed E-state index contributed by atoms with van der Waals surface area (Å²) >= 11 is 0. The number of benzene rings is 1. The summed E-state index contributed by atoms with van der Waals surface area (Å²) in [6.45, 7) is 5.72. The van der Waals surface area contributed by atoms with Crippen molar-refractivity contribution in [3.05, 3.63) is 29.8 Å². The zero-order valence-electron chi connectivity index (χ0n) is 10.5. The Balaban J connectivity index is 2.33. The van der Waals surface area contributed by atoms with Gasteiger partial charge in [0, 0.05) is 13.1 Å². The van der Waals surface area contributed by atoms with Crippen molar-refractivity contribution >= 4 is 0 Å². The number of hydrogen-bond donors (Lipinski definition) is 1. The van der Waals surface area contributed by atoms with Crippen molar-refractivity contribution in [2.75, 3.05) is 33.8 Å². The third-order valence-electron chi connectivity index (χ3n) is 2.31. The molecule has 0 spiro atoms. The van der Waals surface area contributed by atoms with E-state index in [2.05, 4.69) is 29.3 Å². The van der Waals surface area contributed by atoms with E-state index in [0.717, 1.165) is 32.0 Å². The maximum Gasteiger partial charge on any atom is 0.119 e. The molecule has 0 aliphatic carbocycles. The summed E-state index contributed by atoms with van der Waals surface area (Å²) in [6.07, 6.45) is 0. The standard InChI is InChI=1S/C13H22N2O/c1-4-14-11-12-5-7-13(8-6-12)16-10-9-15(2)3/h5-8,14H,4,9-11H2,1-3H3. The summed E-state index contributed by atoms with van der Waals surface area (Å²) < 4.78 is 5.61. The van der Waals surface area contributed by atoms with Gasteiger partial charge in [0.1, 0.15) is 12.4 Å². The van der Waals surface area contributed by atoms with Gasteiger partial charge in [-0.05, 0) is 38.3 Å². The topological polar surface area (TPSA) is 24.5 Å².